The van der Waals surface area contributed by atoms with Gasteiger partial charge in [0.1, 0.15) is 47.3 Å². The largest absolute Gasteiger partial charge is 0.366 e. The number of carbonyl (C=O) groups is 4. The van der Waals surface area contributed by atoms with Gasteiger partial charge in [0.2, 0.25) is 5.91 Å². The van der Waals surface area contributed by atoms with Crippen molar-refractivity contribution in [1.29, 1.82) is 0 Å². The lowest BCUT2D eigenvalue weighted by Gasteiger charge is -2.11. The Balaban J connectivity index is 0.000000191. The molecule has 6 amide bonds. The van der Waals surface area contributed by atoms with Gasteiger partial charge in [-0.1, -0.05) is 64.5 Å². The minimum atomic E-state index is -0.524. The summed E-state index contributed by atoms with van der Waals surface area (Å²) in [5, 5.41) is 29.6. The highest BCUT2D eigenvalue weighted by atomic mass is 79.9. The fourth-order valence-corrected chi connectivity index (χ4v) is 6.17. The first kappa shape index (κ1) is 47.8. The molecule has 2 aromatic carbocycles. The second-order valence-corrected chi connectivity index (χ2v) is 15.5. The Morgan fingerprint density at radius 3 is 1.46 bits per heavy atom. The van der Waals surface area contributed by atoms with Crippen LogP contribution in [0, 0.1) is 0 Å². The molecule has 0 unspecified atom stereocenters. The Bertz CT molecular complexity index is 2930. The normalized spacial score (nSPS) is 10.4. The van der Waals surface area contributed by atoms with E-state index in [1.165, 1.54) is 6.20 Å². The third-order valence-corrected chi connectivity index (χ3v) is 9.51. The first-order chi connectivity index (χ1) is 32.3. The molecule has 0 bridgehead atoms. The third kappa shape index (κ3) is 14.1. The molecule has 0 aliphatic heterocycles. The van der Waals surface area contributed by atoms with Gasteiger partial charge in [-0.2, -0.15) is 0 Å². The topological polar surface area (TPSA) is 267 Å². The predicted molar refractivity (Wildman–Crippen MR) is 258 cm³/mol. The summed E-state index contributed by atoms with van der Waals surface area (Å²) in [6, 6.07) is 34.3. The molecular weight excluding hydrogens is 921 g/mol. The van der Waals surface area contributed by atoms with Crippen molar-refractivity contribution in [1.82, 2.24) is 49.5 Å². The molecule has 0 saturated carbocycles. The van der Waals surface area contributed by atoms with Gasteiger partial charge in [-0.3, -0.25) is 30.9 Å². The standard InChI is InChI=1S/C23H22N8O2.C16H16BrN7O.C7H7NO/c1-15(2)31-14-25-30-21(31)18-9-6-10-19(27-18)28-23(33)29-20-13-17(11-12-24-20)26-22(32)16-7-4-3-5-8-16;1-10(2)24-9-19-23-15(24)12-4-3-5-13(20-12)21-16(25)22-14-8-11(17)6-7-18-14;8-7(9)6-4-2-1-3-5-6/h3-15H,1-2H3,(H3,24,26,27,28,29,32,33);3-10H,1-2H3,(H2,18,20,21,22,25);1-5H,(H2,8,9). The summed E-state index contributed by atoms with van der Waals surface area (Å²) in [6.07, 6.45) is 6.39. The molecule has 0 aliphatic carbocycles. The second kappa shape index (κ2) is 23.3. The van der Waals surface area contributed by atoms with Crippen molar-refractivity contribution in [2.45, 2.75) is 39.8 Å². The van der Waals surface area contributed by atoms with E-state index in [4.69, 9.17) is 5.73 Å². The van der Waals surface area contributed by atoms with Crippen LogP contribution in [0.2, 0.25) is 0 Å². The second-order valence-electron chi connectivity index (χ2n) is 14.6. The molecule has 0 atom stereocenters. The average molecular weight is 966 g/mol. The highest BCUT2D eigenvalue weighted by Crippen LogP contribution is 2.22. The van der Waals surface area contributed by atoms with Gasteiger partial charge in [0.15, 0.2) is 11.6 Å². The van der Waals surface area contributed by atoms with Crippen molar-refractivity contribution in [2.75, 3.05) is 26.6 Å². The van der Waals surface area contributed by atoms with Crippen LogP contribution in [0.4, 0.5) is 38.5 Å². The average Bonchev–Trinajstić information content (AvgIpc) is 4.03. The van der Waals surface area contributed by atoms with E-state index in [9.17, 15) is 19.2 Å². The third-order valence-electron chi connectivity index (χ3n) is 9.02. The van der Waals surface area contributed by atoms with Gasteiger partial charge < -0.3 is 20.2 Å². The van der Waals surface area contributed by atoms with Crippen LogP contribution in [-0.2, 0) is 0 Å². The number of halogens is 1. The minimum Gasteiger partial charge on any atom is -0.366 e. The smallest absolute Gasteiger partial charge is 0.326 e. The van der Waals surface area contributed by atoms with E-state index in [2.05, 4.69) is 82.8 Å². The number of rotatable bonds is 11. The van der Waals surface area contributed by atoms with Crippen molar-refractivity contribution in [3.05, 3.63) is 162 Å². The number of aromatic nitrogens is 10. The van der Waals surface area contributed by atoms with Gasteiger partial charge in [0.05, 0.1) is 0 Å². The monoisotopic (exact) mass is 964 g/mol. The zero-order chi connectivity index (χ0) is 47.7. The van der Waals surface area contributed by atoms with Gasteiger partial charge in [-0.25, -0.2) is 29.5 Å². The highest BCUT2D eigenvalue weighted by molar-refractivity contribution is 9.10. The molecule has 8 rings (SSSR count). The maximum absolute atomic E-state index is 12.5. The van der Waals surface area contributed by atoms with Crippen molar-refractivity contribution in [3.63, 3.8) is 0 Å². The van der Waals surface area contributed by atoms with E-state index in [1.54, 1.807) is 122 Å². The molecule has 340 valence electrons. The molecule has 67 heavy (non-hydrogen) atoms. The number of anilines is 5. The molecule has 6 aromatic heterocycles. The molecule has 0 saturated heterocycles. The number of nitrogens with zero attached hydrogens (tertiary/aromatic N) is 10. The van der Waals surface area contributed by atoms with Crippen LogP contribution in [0.15, 0.2) is 151 Å². The van der Waals surface area contributed by atoms with Crippen LogP contribution in [0.25, 0.3) is 23.0 Å². The molecule has 20 nitrogen and oxygen atoms in total. The number of amides is 6. The van der Waals surface area contributed by atoms with E-state index >= 15 is 0 Å². The summed E-state index contributed by atoms with van der Waals surface area (Å²) in [7, 11) is 0. The number of benzene rings is 2. The lowest BCUT2D eigenvalue weighted by atomic mass is 10.2. The van der Waals surface area contributed by atoms with E-state index in [-0.39, 0.29) is 29.7 Å². The zero-order valence-corrected chi connectivity index (χ0v) is 38.2. The van der Waals surface area contributed by atoms with Crippen LogP contribution < -0.4 is 32.3 Å². The lowest BCUT2D eigenvalue weighted by Crippen LogP contribution is -2.21. The van der Waals surface area contributed by atoms with E-state index in [0.29, 0.717) is 57.3 Å². The Morgan fingerprint density at radius 2 is 1.00 bits per heavy atom. The van der Waals surface area contributed by atoms with Crippen LogP contribution in [0.5, 0.6) is 0 Å². The summed E-state index contributed by atoms with van der Waals surface area (Å²) in [4.78, 5) is 64.4. The van der Waals surface area contributed by atoms with Crippen molar-refractivity contribution < 1.29 is 19.2 Å². The van der Waals surface area contributed by atoms with Crippen molar-refractivity contribution in [3.8, 4) is 23.0 Å². The Morgan fingerprint density at radius 1 is 0.537 bits per heavy atom. The van der Waals surface area contributed by atoms with Crippen LogP contribution in [-0.4, -0.2) is 73.3 Å². The number of nitrogens with two attached hydrogens (primary N) is 1. The van der Waals surface area contributed by atoms with Crippen molar-refractivity contribution in [2.24, 2.45) is 5.73 Å². The van der Waals surface area contributed by atoms with Crippen LogP contribution in [0.1, 0.15) is 60.5 Å². The fourth-order valence-electron chi connectivity index (χ4n) is 5.84. The number of hydrogen-bond donors (Lipinski definition) is 6. The lowest BCUT2D eigenvalue weighted by molar-refractivity contribution is 0.0997. The Kier molecular flexibility index (Phi) is 16.6. The maximum Gasteiger partial charge on any atom is 0.326 e. The first-order valence-electron chi connectivity index (χ1n) is 20.5. The summed E-state index contributed by atoms with van der Waals surface area (Å²) < 4.78 is 4.63. The predicted octanol–water partition coefficient (Wildman–Crippen LogP) is 8.72. The summed E-state index contributed by atoms with van der Waals surface area (Å²) >= 11 is 3.33. The summed E-state index contributed by atoms with van der Waals surface area (Å²) in [5.41, 5.74) is 7.77. The number of nitrogens with one attached hydrogen (secondary N) is 5. The molecule has 8 aromatic rings. The van der Waals surface area contributed by atoms with Gasteiger partial charge in [0, 0.05) is 51.8 Å². The van der Waals surface area contributed by atoms with Gasteiger partial charge >= 0.3 is 12.1 Å². The van der Waals surface area contributed by atoms with Crippen molar-refractivity contribution >= 4 is 68.8 Å². The molecule has 7 N–H and O–H groups in total. The van der Waals surface area contributed by atoms with E-state index in [1.807, 2.05) is 55.0 Å². The van der Waals surface area contributed by atoms with E-state index in [0.717, 1.165) is 4.47 Å². The first-order valence-corrected chi connectivity index (χ1v) is 21.3. The molecule has 0 fully saturated rings. The molecule has 6 heterocycles. The van der Waals surface area contributed by atoms with Gasteiger partial charge in [-0.05, 0) is 94.4 Å². The molecule has 0 spiro atoms. The highest BCUT2D eigenvalue weighted by Gasteiger charge is 2.15. The Labute approximate surface area is 393 Å². The quantitative estimate of drug-likeness (QED) is 0.0711. The molecule has 0 radical (unpaired) electrons. The number of primary amides is 1. The number of carbonyl (C=O) groups excluding carboxylic acids is 4. The van der Waals surface area contributed by atoms with Gasteiger partial charge in [-0.15, -0.1) is 20.4 Å². The van der Waals surface area contributed by atoms with Crippen LogP contribution >= 0.6 is 15.9 Å². The molecular formula is C46H45BrN16O4. The van der Waals surface area contributed by atoms with Gasteiger partial charge in [0.25, 0.3) is 5.91 Å². The minimum absolute atomic E-state index is 0.164. The summed E-state index contributed by atoms with van der Waals surface area (Å²) in [6.45, 7) is 8.11. The Hall–Kier alpha value is -8.72. The summed E-state index contributed by atoms with van der Waals surface area (Å²) in [5.74, 6) is 2.07. The fraction of sp³-hybridized carbons (Fsp3) is 0.130. The maximum atomic E-state index is 12.5. The number of pyridine rings is 4. The SMILES string of the molecule is CC(C)n1cnnc1-c1cccc(NC(=O)Nc2cc(Br)ccn2)n1.CC(C)n1cnnc1-c1cccc(NC(=O)Nc2cc(NC(=O)c3ccccc3)ccn2)n1.NC(=O)c1ccccc1. The number of hydrogen-bond acceptors (Lipinski definition) is 12. The van der Waals surface area contributed by atoms with Crippen LogP contribution in [0.3, 0.4) is 0 Å². The number of urea groups is 2. The molecule has 0 aliphatic rings. The zero-order valence-electron chi connectivity index (χ0n) is 36.6. The molecule has 21 heteroatoms. The van der Waals surface area contributed by atoms with E-state index < -0.39 is 12.1 Å².